The van der Waals surface area contributed by atoms with Crippen molar-refractivity contribution in [2.45, 2.75) is 96.4 Å². The maximum atomic E-state index is 11.7. The molecule has 16 nitrogen and oxygen atoms in total. The Morgan fingerprint density at radius 1 is 0.405 bits per heavy atom. The molecule has 0 spiro atoms. The van der Waals surface area contributed by atoms with Gasteiger partial charge in [0.05, 0.1) is 50.5 Å². The molecule has 0 amide bonds. The molecule has 0 radical (unpaired) electrons. The number of rotatable bonds is 20. The number of halogens is 1. The number of hydrogen-bond donors (Lipinski definition) is 2. The maximum absolute atomic E-state index is 11.7. The van der Waals surface area contributed by atoms with Crippen LogP contribution in [0.5, 0.6) is 0 Å². The fourth-order valence-electron chi connectivity index (χ4n) is 16.5. The van der Waals surface area contributed by atoms with Gasteiger partial charge in [0, 0.05) is 97.5 Å². The van der Waals surface area contributed by atoms with Crippen LogP contribution in [-0.2, 0) is 42.2 Å². The summed E-state index contributed by atoms with van der Waals surface area (Å²) in [6, 6.07) is 75.6. The van der Waals surface area contributed by atoms with Gasteiger partial charge in [-0.05, 0) is 300 Å². The van der Waals surface area contributed by atoms with Gasteiger partial charge in [-0.1, -0.05) is 129 Å². The van der Waals surface area contributed by atoms with Crippen LogP contribution in [-0.4, -0.2) is 145 Å². The number of carbonyl (C=O) groups is 4. The molecule has 3 fully saturated rings. The molecule has 0 saturated carbocycles. The highest BCUT2D eigenvalue weighted by Crippen LogP contribution is 2.34. The largest absolute Gasteiger partial charge is 0.478 e. The highest BCUT2D eigenvalue weighted by atomic mass is 35.5. The van der Waals surface area contributed by atoms with Crippen molar-refractivity contribution >= 4 is 105 Å². The van der Waals surface area contributed by atoms with Crippen LogP contribution in [0.15, 0.2) is 270 Å². The number of aromatic nitrogens is 3. The molecule has 0 aliphatic carbocycles. The van der Waals surface area contributed by atoms with Crippen molar-refractivity contribution in [3.8, 4) is 0 Å². The van der Waals surface area contributed by atoms with Crippen molar-refractivity contribution in [3.63, 3.8) is 0 Å². The van der Waals surface area contributed by atoms with Crippen LogP contribution in [0.2, 0.25) is 0 Å². The van der Waals surface area contributed by atoms with Gasteiger partial charge in [-0.3, -0.25) is 29.6 Å². The van der Waals surface area contributed by atoms with Crippen LogP contribution in [0.1, 0.15) is 166 Å². The van der Waals surface area contributed by atoms with E-state index in [-0.39, 0.29) is 31.8 Å². The highest BCUT2D eigenvalue weighted by Gasteiger charge is 2.24. The number of esters is 2. The number of benzene rings is 9. The molecule has 2 N–H and O–H groups in total. The first-order valence-electron chi connectivity index (χ1n) is 39.8. The monoisotopic (exact) mass is 1560 g/mol. The Labute approximate surface area is 686 Å². The number of allylic oxidation sites excluding steroid dienone is 3. The third-order valence-electron chi connectivity index (χ3n) is 23.1. The number of methoxy groups -OCH3 is 2. The Hall–Kier alpha value is -11.9. The molecule has 12 aromatic rings. The van der Waals surface area contributed by atoms with Crippen LogP contribution in [0.25, 0.3) is 49.4 Å². The minimum atomic E-state index is -0.865. The predicted molar refractivity (Wildman–Crippen MR) is 474 cm³/mol. The zero-order valence-corrected chi connectivity index (χ0v) is 66.1. The van der Waals surface area contributed by atoms with Crippen LogP contribution in [0.3, 0.4) is 0 Å². The Kier molecular flexibility index (Phi) is 27.9. The number of likely N-dealkylation sites (tertiary alicyclic amines) is 2. The number of nitrogens with one attached hydrogen (secondary N) is 1. The molecule has 9 heterocycles. The smallest absolute Gasteiger partial charge is 0.337 e. The summed E-state index contributed by atoms with van der Waals surface area (Å²) in [5.74, 6) is 0.279. The Balaban J connectivity index is 0.000000140. The lowest BCUT2D eigenvalue weighted by molar-refractivity contribution is 0.0592. The van der Waals surface area contributed by atoms with Gasteiger partial charge in [-0.25, -0.2) is 14.4 Å². The molecule has 18 rings (SSSR count). The number of carboxylic acid groups (broad SMARTS) is 1. The second-order valence-corrected chi connectivity index (χ2v) is 30.5. The third kappa shape index (κ3) is 20.6. The number of piperidine rings is 3. The summed E-state index contributed by atoms with van der Waals surface area (Å²) in [6.45, 7) is 13.3. The molecule has 592 valence electrons. The molecule has 3 aromatic heterocycles. The molecule has 9 aromatic carbocycles. The number of aldehydes is 1. The van der Waals surface area contributed by atoms with Gasteiger partial charge in [-0.15, -0.1) is 12.4 Å². The second-order valence-electron chi connectivity index (χ2n) is 30.5. The van der Waals surface area contributed by atoms with Crippen molar-refractivity contribution in [2.24, 2.45) is 15.0 Å². The van der Waals surface area contributed by atoms with Gasteiger partial charge >= 0.3 is 17.9 Å². The lowest BCUT2D eigenvalue weighted by atomic mass is 9.89. The number of carbonyl (C=O) groups excluding carboxylic acids is 3. The van der Waals surface area contributed by atoms with E-state index in [4.69, 9.17) is 9.84 Å². The first kappa shape index (κ1) is 82.1. The topological polar surface area (TPSA) is 177 Å². The summed E-state index contributed by atoms with van der Waals surface area (Å²) in [5.41, 5.74) is 24.1. The molecule has 6 aliphatic heterocycles. The van der Waals surface area contributed by atoms with E-state index in [1.807, 2.05) is 85.4 Å². The van der Waals surface area contributed by atoms with E-state index in [9.17, 15) is 19.2 Å². The number of nitrogens with zero attached hydrogens (tertiary/aromatic N) is 8. The van der Waals surface area contributed by atoms with E-state index in [2.05, 4.69) is 225 Å². The van der Waals surface area contributed by atoms with E-state index in [0.29, 0.717) is 40.0 Å². The SMILES string of the molecule is C.COC(=O)c1ccc(C2CCN(Cc3ccc4c(ccn4Cc4ccc(C5=CC=NC5)cc4)c3)CC2)cc1.COC(=O)c1ccc(C2CCNCC2)cc1.Cl.O=C(O)c1ccc(C2CCN(Cc3ccc4c(ccn4Cc4ccc(C5=CC=NC5)cc4)c3)CC2)cc1.O=Cc1ccc2c(ccn2Cc2ccc(C3=CC=NC3)cc2)c1. The zero-order chi connectivity index (χ0) is 78.1. The molecule has 0 atom stereocenters. The first-order valence-corrected chi connectivity index (χ1v) is 39.8. The van der Waals surface area contributed by atoms with Gasteiger partial charge < -0.3 is 33.6 Å². The molecule has 0 bridgehead atoms. The zero-order valence-electron chi connectivity index (χ0n) is 65.3. The normalized spacial score (nSPS) is 15.6. The van der Waals surface area contributed by atoms with E-state index in [1.54, 1.807) is 12.1 Å². The number of ether oxygens (including phenoxy) is 2. The minimum Gasteiger partial charge on any atom is -0.478 e. The van der Waals surface area contributed by atoms with E-state index >= 15 is 0 Å². The number of hydrogen-bond acceptors (Lipinski definition) is 12. The Morgan fingerprint density at radius 2 is 0.733 bits per heavy atom. The second kappa shape index (κ2) is 39.4. The summed E-state index contributed by atoms with van der Waals surface area (Å²) in [4.78, 5) is 62.8. The van der Waals surface area contributed by atoms with E-state index in [0.717, 1.165) is 134 Å². The summed E-state index contributed by atoms with van der Waals surface area (Å²) < 4.78 is 16.4. The maximum Gasteiger partial charge on any atom is 0.337 e. The van der Waals surface area contributed by atoms with E-state index in [1.165, 1.54) is 127 Å². The average molecular weight is 1570 g/mol. The van der Waals surface area contributed by atoms with Crippen LogP contribution in [0, 0.1) is 0 Å². The van der Waals surface area contributed by atoms with Gasteiger partial charge in [0.15, 0.2) is 0 Å². The molecule has 0 unspecified atom stereocenters. The van der Waals surface area contributed by atoms with Gasteiger partial charge in [-0.2, -0.15) is 0 Å². The van der Waals surface area contributed by atoms with Crippen LogP contribution in [0.4, 0.5) is 0 Å². The minimum absolute atomic E-state index is 0. The number of aliphatic imine (C=N–C) groups is 3. The van der Waals surface area contributed by atoms with Gasteiger partial charge in [0.1, 0.15) is 6.29 Å². The number of aromatic carboxylic acids is 1. The fourth-order valence-corrected chi connectivity index (χ4v) is 16.5. The summed E-state index contributed by atoms with van der Waals surface area (Å²) in [6.07, 6.45) is 26.1. The summed E-state index contributed by atoms with van der Waals surface area (Å²) in [7, 11) is 2.83. The van der Waals surface area contributed by atoms with Crippen molar-refractivity contribution in [1.29, 1.82) is 0 Å². The fraction of sp³-hybridized carbons (Fsp3) is 0.263. The Morgan fingerprint density at radius 3 is 1.06 bits per heavy atom. The van der Waals surface area contributed by atoms with Gasteiger partial charge in [0.2, 0.25) is 0 Å². The number of fused-ring (bicyclic) bond motifs is 3. The molecular formula is C99H102ClN9O7. The van der Waals surface area contributed by atoms with Crippen LogP contribution >= 0.6 is 12.4 Å². The third-order valence-corrected chi connectivity index (χ3v) is 23.1. The highest BCUT2D eigenvalue weighted by molar-refractivity contribution is 5.93. The van der Waals surface area contributed by atoms with Crippen molar-refractivity contribution in [3.05, 3.63) is 339 Å². The predicted octanol–water partition coefficient (Wildman–Crippen LogP) is 19.5. The first-order chi connectivity index (χ1) is 55.9. The van der Waals surface area contributed by atoms with Crippen LogP contribution < -0.4 is 5.32 Å². The Bertz CT molecular complexity index is 5550. The van der Waals surface area contributed by atoms with Crippen molar-refractivity contribution < 1.29 is 33.8 Å². The number of carboxylic acids is 1. The summed E-state index contributed by atoms with van der Waals surface area (Å²) in [5, 5.41) is 16.2. The van der Waals surface area contributed by atoms with Crippen molar-refractivity contribution in [1.82, 2.24) is 28.8 Å². The average Bonchev–Trinajstić information content (AvgIpc) is 1.66. The molecular weight excluding hydrogens is 1460 g/mol. The van der Waals surface area contributed by atoms with Gasteiger partial charge in [0.25, 0.3) is 0 Å². The standard InChI is InChI=1S/C33H33N3O2.C32H31N3O2.C20H16N2O.C13H17NO2.CH4.ClH/c1-38-33(37)29-9-7-26(8-10-29)28-13-17-35(18-14-28)22-25-4-11-32-30(20-25)15-19-36(32)23-24-2-5-27(6-3-24)31-12-16-34-21-31;36-32(37)28-8-6-25(7-9-28)27-12-16-34(17-13-27)21-24-3-10-31-29(19-24)14-18-35(31)22-23-1-4-26(5-2-23)30-11-15-33-20-30;23-14-16-3-6-20-18(11-16)8-10-22(20)13-15-1-4-17(5-2-15)19-7-9-21-12-19;1-16-13(15)12-4-2-10(3-5-12)11-6-8-14-9-7-11;;/h2-12,15-16,19-20,28H,13-14,17-18,21-23H2,1H3;1-11,14-15,18-19,27H,12-13,16-17,20-22H2,(H,36,37);1-11,14H,12-13H2;2-5,11,14H,6-9H2,1H3;1H4;1H. The molecule has 3 saturated heterocycles. The van der Waals surface area contributed by atoms with E-state index < -0.39 is 5.97 Å². The quantitative estimate of drug-likeness (QED) is 0.0551. The lowest BCUT2D eigenvalue weighted by Crippen LogP contribution is -2.32. The van der Waals surface area contributed by atoms with Crippen molar-refractivity contribution in [2.75, 3.05) is 73.1 Å². The summed E-state index contributed by atoms with van der Waals surface area (Å²) >= 11 is 0. The molecule has 116 heavy (non-hydrogen) atoms. The molecule has 6 aliphatic rings. The lowest BCUT2D eigenvalue weighted by Gasteiger charge is -2.32. The molecule has 17 heteroatoms.